The molecule has 1 N–H and O–H groups in total. The van der Waals surface area contributed by atoms with Gasteiger partial charge in [-0.15, -0.1) is 0 Å². The fourth-order valence-electron chi connectivity index (χ4n) is 5.42. The van der Waals surface area contributed by atoms with Crippen LogP contribution in [0.15, 0.2) is 72.8 Å². The molecule has 1 heterocycles. The van der Waals surface area contributed by atoms with Gasteiger partial charge < -0.3 is 33.7 Å². The van der Waals surface area contributed by atoms with E-state index in [1.807, 2.05) is 66.4 Å². The van der Waals surface area contributed by atoms with Gasteiger partial charge in [-0.2, -0.15) is 11.8 Å². The van der Waals surface area contributed by atoms with Gasteiger partial charge in [-0.25, -0.2) is 4.79 Å². The van der Waals surface area contributed by atoms with Gasteiger partial charge in [0, 0.05) is 24.4 Å². The number of benzene rings is 3. The molecule has 1 aliphatic rings. The lowest BCUT2D eigenvalue weighted by atomic mass is 9.87. The van der Waals surface area contributed by atoms with Gasteiger partial charge >= 0.3 is 6.09 Å². The number of carboxylic acid groups (broad SMARTS) is 1. The minimum absolute atomic E-state index is 0.0851. The summed E-state index contributed by atoms with van der Waals surface area (Å²) in [5, 5.41) is 9.62. The number of likely N-dealkylation sites (tertiary alicyclic amines) is 1. The molecule has 9 heteroatoms. The molecule has 1 fully saturated rings. The van der Waals surface area contributed by atoms with Crippen LogP contribution in [-0.2, 0) is 22.5 Å². The number of methoxy groups -OCH3 is 1. The van der Waals surface area contributed by atoms with Crippen LogP contribution in [0.5, 0.6) is 17.2 Å². The molecule has 238 valence electrons. The largest absolute Gasteiger partial charge is 0.496 e. The van der Waals surface area contributed by atoms with E-state index in [9.17, 15) is 9.90 Å². The molecule has 1 saturated heterocycles. The van der Waals surface area contributed by atoms with Gasteiger partial charge in [0.25, 0.3) is 0 Å². The van der Waals surface area contributed by atoms with Gasteiger partial charge in [-0.3, -0.25) is 0 Å². The van der Waals surface area contributed by atoms with Crippen LogP contribution in [0.2, 0.25) is 0 Å². The van der Waals surface area contributed by atoms with Crippen molar-refractivity contribution in [1.29, 1.82) is 0 Å². The molecule has 0 aliphatic carbocycles. The highest BCUT2D eigenvalue weighted by Crippen LogP contribution is 2.32. The summed E-state index contributed by atoms with van der Waals surface area (Å²) in [7, 11) is 1.66. The fourth-order valence-corrected chi connectivity index (χ4v) is 5.85. The Morgan fingerprint density at radius 3 is 2.39 bits per heavy atom. The lowest BCUT2D eigenvalue weighted by molar-refractivity contribution is -0.0207. The minimum Gasteiger partial charge on any atom is -0.496 e. The maximum absolute atomic E-state index is 11.7. The Labute approximate surface area is 265 Å². The molecule has 44 heavy (non-hydrogen) atoms. The molecule has 8 nitrogen and oxygen atoms in total. The van der Waals surface area contributed by atoms with Gasteiger partial charge in [0.15, 0.2) is 0 Å². The van der Waals surface area contributed by atoms with E-state index in [0.29, 0.717) is 52.5 Å². The highest BCUT2D eigenvalue weighted by atomic mass is 32.2. The first-order valence-electron chi connectivity index (χ1n) is 15.3. The fraction of sp³-hybridized carbons (Fsp3) is 0.457. The molecule has 4 rings (SSSR count). The highest BCUT2D eigenvalue weighted by molar-refractivity contribution is 7.98. The van der Waals surface area contributed by atoms with Crippen molar-refractivity contribution in [3.05, 3.63) is 89.5 Å². The molecule has 3 aromatic carbocycles. The van der Waals surface area contributed by atoms with E-state index in [2.05, 4.69) is 24.5 Å². The highest BCUT2D eigenvalue weighted by Gasteiger charge is 2.33. The van der Waals surface area contributed by atoms with Crippen LogP contribution >= 0.6 is 11.8 Å². The number of rotatable bonds is 18. The Morgan fingerprint density at radius 1 is 0.886 bits per heavy atom. The Balaban J connectivity index is 1.23. The minimum atomic E-state index is -0.914. The van der Waals surface area contributed by atoms with Gasteiger partial charge in [0.05, 0.1) is 46.2 Å². The second-order valence-corrected chi connectivity index (χ2v) is 11.7. The third kappa shape index (κ3) is 10.4. The summed E-state index contributed by atoms with van der Waals surface area (Å²) in [4.78, 5) is 13.2. The summed E-state index contributed by atoms with van der Waals surface area (Å²) in [6.07, 6.45) is 4.50. The number of nitrogens with zero attached hydrogens (tertiary/aromatic N) is 1. The van der Waals surface area contributed by atoms with Crippen molar-refractivity contribution < 1.29 is 33.6 Å². The first-order chi connectivity index (χ1) is 21.6. The summed E-state index contributed by atoms with van der Waals surface area (Å²) in [5.74, 6) is 3.72. The Morgan fingerprint density at radius 2 is 1.64 bits per heavy atom. The molecule has 0 saturated carbocycles. The average Bonchev–Trinajstić information content (AvgIpc) is 3.05. The van der Waals surface area contributed by atoms with Crippen LogP contribution < -0.4 is 14.2 Å². The molecule has 0 radical (unpaired) electrons. The number of piperidine rings is 1. The first kappa shape index (κ1) is 33.5. The Hall–Kier alpha value is -3.40. The zero-order valence-corrected chi connectivity index (χ0v) is 26.6. The van der Waals surface area contributed by atoms with Crippen LogP contribution in [-0.4, -0.2) is 80.8 Å². The molecule has 1 amide bonds. The van der Waals surface area contributed by atoms with E-state index >= 15 is 0 Å². The van der Waals surface area contributed by atoms with Gasteiger partial charge in [-0.1, -0.05) is 48.5 Å². The van der Waals surface area contributed by atoms with Crippen LogP contribution in [0.25, 0.3) is 0 Å². The van der Waals surface area contributed by atoms with Crippen molar-refractivity contribution in [2.24, 2.45) is 0 Å². The quantitative estimate of drug-likeness (QED) is 0.153. The van der Waals surface area contributed by atoms with E-state index in [-0.39, 0.29) is 12.0 Å². The summed E-state index contributed by atoms with van der Waals surface area (Å²) in [5.41, 5.74) is 3.35. The predicted molar refractivity (Wildman–Crippen MR) is 175 cm³/mol. The molecule has 0 bridgehead atoms. The molecule has 0 aromatic heterocycles. The zero-order valence-electron chi connectivity index (χ0n) is 25.8. The topological polar surface area (TPSA) is 86.7 Å². The standard InChI is InChI=1S/C35H45NO7S/c1-39-32-12-5-4-10-29(32)26-40-20-8-21-41-30-16-14-27(15-17-30)31-18-19-36(35(37)38)25-34(31)43-23-22-42-33-13-6-3-9-28(33)11-7-24-44-2/h3-6,9-10,12-17,31,34H,7-8,11,18-26H2,1-2H3,(H,37,38). The summed E-state index contributed by atoms with van der Waals surface area (Å²) < 4.78 is 29.5. The normalized spacial score (nSPS) is 16.5. The number of aryl methyl sites for hydroxylation is 1. The molecule has 3 aromatic rings. The second kappa shape index (κ2) is 18.4. The molecular weight excluding hydrogens is 578 g/mol. The summed E-state index contributed by atoms with van der Waals surface area (Å²) in [6.45, 7) is 3.24. The van der Waals surface area contributed by atoms with Crippen molar-refractivity contribution in [3.8, 4) is 17.2 Å². The lowest BCUT2D eigenvalue weighted by Gasteiger charge is -2.37. The summed E-state index contributed by atoms with van der Waals surface area (Å²) in [6, 6.07) is 24.1. The van der Waals surface area contributed by atoms with Crippen molar-refractivity contribution in [2.45, 2.75) is 44.3 Å². The number of amides is 1. The average molecular weight is 624 g/mol. The molecule has 1 aliphatic heterocycles. The third-order valence-corrected chi connectivity index (χ3v) is 8.43. The maximum Gasteiger partial charge on any atom is 0.407 e. The van der Waals surface area contributed by atoms with Crippen LogP contribution in [0.4, 0.5) is 4.79 Å². The van der Waals surface area contributed by atoms with Crippen LogP contribution in [0.1, 0.15) is 41.9 Å². The van der Waals surface area contributed by atoms with E-state index in [1.165, 1.54) is 10.5 Å². The monoisotopic (exact) mass is 623 g/mol. The Bertz CT molecular complexity index is 1270. The molecule has 2 atom stereocenters. The molecular formula is C35H45NO7S. The number of carbonyl (C=O) groups is 1. The van der Waals surface area contributed by atoms with Crippen molar-refractivity contribution in [1.82, 2.24) is 4.90 Å². The predicted octanol–water partition coefficient (Wildman–Crippen LogP) is 6.91. The van der Waals surface area contributed by atoms with Crippen molar-refractivity contribution >= 4 is 17.9 Å². The smallest absolute Gasteiger partial charge is 0.407 e. The van der Waals surface area contributed by atoms with E-state index in [4.69, 9.17) is 23.7 Å². The number of para-hydroxylation sites is 2. The third-order valence-electron chi connectivity index (χ3n) is 7.73. The zero-order chi connectivity index (χ0) is 31.0. The van der Waals surface area contributed by atoms with Gasteiger partial charge in [0.2, 0.25) is 0 Å². The Kier molecular flexibility index (Phi) is 14.0. The first-order valence-corrected chi connectivity index (χ1v) is 16.7. The van der Waals surface area contributed by atoms with Crippen LogP contribution in [0.3, 0.4) is 0 Å². The number of thioether (sulfide) groups is 1. The number of ether oxygens (including phenoxy) is 5. The summed E-state index contributed by atoms with van der Waals surface area (Å²) >= 11 is 1.85. The van der Waals surface area contributed by atoms with Crippen molar-refractivity contribution in [3.63, 3.8) is 0 Å². The van der Waals surface area contributed by atoms with Gasteiger partial charge in [-0.05, 0) is 66.7 Å². The SMILES string of the molecule is COc1ccccc1COCCCOc1ccc(C2CCN(C(=O)O)CC2OCCOc2ccccc2CCCSC)cc1. The van der Waals surface area contributed by atoms with Crippen molar-refractivity contribution in [2.75, 3.05) is 58.6 Å². The molecule has 2 unspecified atom stereocenters. The number of hydrogen-bond donors (Lipinski definition) is 1. The molecule has 0 spiro atoms. The van der Waals surface area contributed by atoms with E-state index in [1.54, 1.807) is 7.11 Å². The van der Waals surface area contributed by atoms with Crippen LogP contribution in [0, 0.1) is 0 Å². The van der Waals surface area contributed by atoms with E-state index in [0.717, 1.165) is 53.4 Å². The van der Waals surface area contributed by atoms with Gasteiger partial charge in [0.1, 0.15) is 23.9 Å². The number of hydrogen-bond acceptors (Lipinski definition) is 7. The van der Waals surface area contributed by atoms with E-state index < -0.39 is 6.09 Å². The lowest BCUT2D eigenvalue weighted by Crippen LogP contribution is -2.46. The second-order valence-electron chi connectivity index (χ2n) is 10.7. The maximum atomic E-state index is 11.7.